The van der Waals surface area contributed by atoms with Crippen molar-refractivity contribution in [2.24, 2.45) is 0 Å². The van der Waals surface area contributed by atoms with Gasteiger partial charge in [-0.25, -0.2) is 0 Å². The number of amides is 2. The molecule has 34 heavy (non-hydrogen) atoms. The Morgan fingerprint density at radius 2 is 1.82 bits per heavy atom. The molecule has 2 atom stereocenters. The molecular formula is C26H27N3O4S. The first-order valence-corrected chi connectivity index (χ1v) is 12.0. The number of aromatic nitrogens is 1. The van der Waals surface area contributed by atoms with Crippen LogP contribution < -0.4 is 14.8 Å². The smallest absolute Gasteiger partial charge is 0.254 e. The molecular weight excluding hydrogens is 450 g/mol. The van der Waals surface area contributed by atoms with Gasteiger partial charge in [-0.1, -0.05) is 18.2 Å². The standard InChI is InChI=1S/C26H27N3O4S/c1-29-24(17-7-9-18(34-4)10-8-17)23(25(30)28-15-16-6-5-11-27-14-16)19-12-21(32-2)22(33-3)13-20(19)26(29)31/h5-14,23-24H,15H2,1-4H3,(H,28,30). The Morgan fingerprint density at radius 1 is 1.12 bits per heavy atom. The van der Waals surface area contributed by atoms with Gasteiger partial charge in [0.05, 0.1) is 26.2 Å². The first kappa shape index (κ1) is 23.6. The number of benzene rings is 2. The van der Waals surface area contributed by atoms with Crippen LogP contribution >= 0.6 is 11.8 Å². The van der Waals surface area contributed by atoms with Gasteiger partial charge in [-0.05, 0) is 53.3 Å². The Hall–Kier alpha value is -3.52. The average Bonchev–Trinajstić information content (AvgIpc) is 2.89. The number of methoxy groups -OCH3 is 2. The lowest BCUT2D eigenvalue weighted by molar-refractivity contribution is -0.124. The summed E-state index contributed by atoms with van der Waals surface area (Å²) >= 11 is 1.64. The molecule has 2 aromatic carbocycles. The van der Waals surface area contributed by atoms with Crippen LogP contribution in [0.4, 0.5) is 0 Å². The Morgan fingerprint density at radius 3 is 2.44 bits per heavy atom. The molecule has 0 fully saturated rings. The van der Waals surface area contributed by atoms with E-state index in [0.29, 0.717) is 29.2 Å². The summed E-state index contributed by atoms with van der Waals surface area (Å²) in [5.74, 6) is -0.0865. The summed E-state index contributed by atoms with van der Waals surface area (Å²) in [5.41, 5.74) is 2.82. The Labute approximate surface area is 203 Å². The third kappa shape index (κ3) is 4.46. The molecule has 8 heteroatoms. The van der Waals surface area contributed by atoms with E-state index >= 15 is 0 Å². The molecule has 1 aliphatic rings. The summed E-state index contributed by atoms with van der Waals surface area (Å²) in [5, 5.41) is 3.04. The lowest BCUT2D eigenvalue weighted by Gasteiger charge is -2.40. The Bertz CT molecular complexity index is 1180. The van der Waals surface area contributed by atoms with Crippen LogP contribution in [0.5, 0.6) is 11.5 Å². The third-order valence-electron chi connectivity index (χ3n) is 6.10. The number of carbonyl (C=O) groups is 2. The van der Waals surface area contributed by atoms with Gasteiger partial charge >= 0.3 is 0 Å². The van der Waals surface area contributed by atoms with Gasteiger partial charge in [0.1, 0.15) is 0 Å². The van der Waals surface area contributed by atoms with Crippen molar-refractivity contribution in [1.82, 2.24) is 15.2 Å². The quantitative estimate of drug-likeness (QED) is 0.517. The minimum Gasteiger partial charge on any atom is -0.493 e. The molecule has 7 nitrogen and oxygen atoms in total. The number of pyridine rings is 1. The van der Waals surface area contributed by atoms with E-state index in [1.807, 2.05) is 42.7 Å². The number of thioether (sulfide) groups is 1. The lowest BCUT2D eigenvalue weighted by atomic mass is 9.79. The number of hydrogen-bond acceptors (Lipinski definition) is 6. The summed E-state index contributed by atoms with van der Waals surface area (Å²) in [6.07, 6.45) is 5.42. The maximum atomic E-state index is 13.7. The molecule has 0 spiro atoms. The zero-order valence-electron chi connectivity index (χ0n) is 19.6. The number of hydrogen-bond donors (Lipinski definition) is 1. The van der Waals surface area contributed by atoms with Gasteiger partial charge in [0.25, 0.3) is 5.91 Å². The summed E-state index contributed by atoms with van der Waals surface area (Å²) in [4.78, 5) is 34.0. The van der Waals surface area contributed by atoms with E-state index in [2.05, 4.69) is 10.3 Å². The second-order valence-corrected chi connectivity index (χ2v) is 8.86. The molecule has 4 rings (SSSR count). The first-order chi connectivity index (χ1) is 16.5. The van der Waals surface area contributed by atoms with Crippen molar-refractivity contribution in [1.29, 1.82) is 0 Å². The fourth-order valence-corrected chi connectivity index (χ4v) is 4.76. The van der Waals surface area contributed by atoms with Crippen molar-refractivity contribution in [2.75, 3.05) is 27.5 Å². The zero-order valence-corrected chi connectivity index (χ0v) is 20.4. The monoisotopic (exact) mass is 477 g/mol. The van der Waals surface area contributed by atoms with Crippen LogP contribution in [0.3, 0.4) is 0 Å². The summed E-state index contributed by atoms with van der Waals surface area (Å²) in [7, 11) is 4.79. The minimum absolute atomic E-state index is 0.175. The number of nitrogens with zero attached hydrogens (tertiary/aromatic N) is 2. The maximum absolute atomic E-state index is 13.7. The van der Waals surface area contributed by atoms with E-state index in [0.717, 1.165) is 16.0 Å². The van der Waals surface area contributed by atoms with Gasteiger partial charge in [0, 0.05) is 36.4 Å². The molecule has 0 bridgehead atoms. The van der Waals surface area contributed by atoms with Crippen molar-refractivity contribution < 1.29 is 19.1 Å². The number of ether oxygens (including phenoxy) is 2. The second kappa shape index (κ2) is 10.2. The number of likely N-dealkylation sites (N-methyl/N-ethyl adjacent to an activating group) is 1. The molecule has 1 N–H and O–H groups in total. The van der Waals surface area contributed by atoms with E-state index in [9.17, 15) is 9.59 Å². The maximum Gasteiger partial charge on any atom is 0.254 e. The summed E-state index contributed by atoms with van der Waals surface area (Å²) < 4.78 is 10.9. The number of nitrogens with one attached hydrogen (secondary N) is 1. The van der Waals surface area contributed by atoms with Crippen LogP contribution in [0.2, 0.25) is 0 Å². The predicted molar refractivity (Wildman–Crippen MR) is 131 cm³/mol. The van der Waals surface area contributed by atoms with Gasteiger partial charge in [-0.3, -0.25) is 14.6 Å². The zero-order chi connectivity index (χ0) is 24.2. The molecule has 1 aromatic heterocycles. The summed E-state index contributed by atoms with van der Waals surface area (Å²) in [6.45, 7) is 0.335. The van der Waals surface area contributed by atoms with Crippen LogP contribution in [0, 0.1) is 0 Å². The number of fused-ring (bicyclic) bond motifs is 1. The van der Waals surface area contributed by atoms with E-state index in [1.165, 1.54) is 14.2 Å². The first-order valence-electron chi connectivity index (χ1n) is 10.8. The summed E-state index contributed by atoms with van der Waals surface area (Å²) in [6, 6.07) is 14.6. The minimum atomic E-state index is -0.644. The lowest BCUT2D eigenvalue weighted by Crippen LogP contribution is -2.45. The van der Waals surface area contributed by atoms with Crippen LogP contribution in [-0.4, -0.2) is 49.2 Å². The van der Waals surface area contributed by atoms with E-state index in [-0.39, 0.29) is 11.8 Å². The van der Waals surface area contributed by atoms with Crippen molar-refractivity contribution >= 4 is 23.6 Å². The number of carbonyl (C=O) groups excluding carboxylic acids is 2. The van der Waals surface area contributed by atoms with Gasteiger partial charge in [-0.2, -0.15) is 0 Å². The van der Waals surface area contributed by atoms with Crippen molar-refractivity contribution in [3.8, 4) is 11.5 Å². The molecule has 0 aliphatic carbocycles. The van der Waals surface area contributed by atoms with Gasteiger partial charge in [0.15, 0.2) is 11.5 Å². The molecule has 3 aromatic rings. The fourth-order valence-electron chi connectivity index (χ4n) is 4.35. The van der Waals surface area contributed by atoms with Crippen molar-refractivity contribution in [3.05, 3.63) is 83.2 Å². The van der Waals surface area contributed by atoms with Crippen molar-refractivity contribution in [3.63, 3.8) is 0 Å². The molecule has 2 unspecified atom stereocenters. The van der Waals surface area contributed by atoms with Crippen LogP contribution in [0.1, 0.15) is 39.0 Å². The molecule has 1 aliphatic heterocycles. The SMILES string of the molecule is COc1cc2c(cc1OC)C(C(=O)NCc1cccnc1)C(c1ccc(SC)cc1)N(C)C2=O. The predicted octanol–water partition coefficient (Wildman–Crippen LogP) is 4.05. The fraction of sp³-hybridized carbons (Fsp3) is 0.269. The molecule has 0 saturated carbocycles. The van der Waals surface area contributed by atoms with Gasteiger partial charge in [-0.15, -0.1) is 11.8 Å². The van der Waals surface area contributed by atoms with Gasteiger partial charge in [0.2, 0.25) is 5.91 Å². The topological polar surface area (TPSA) is 80.8 Å². The highest BCUT2D eigenvalue weighted by Crippen LogP contribution is 2.45. The highest BCUT2D eigenvalue weighted by Gasteiger charge is 2.43. The third-order valence-corrected chi connectivity index (χ3v) is 6.85. The van der Waals surface area contributed by atoms with Crippen LogP contribution in [0.15, 0.2) is 65.8 Å². The second-order valence-electron chi connectivity index (χ2n) is 7.99. The van der Waals surface area contributed by atoms with Crippen LogP contribution in [-0.2, 0) is 11.3 Å². The van der Waals surface area contributed by atoms with Gasteiger partial charge < -0.3 is 19.7 Å². The molecule has 2 amide bonds. The number of rotatable bonds is 7. The van der Waals surface area contributed by atoms with Crippen LogP contribution in [0.25, 0.3) is 0 Å². The van der Waals surface area contributed by atoms with E-state index in [4.69, 9.17) is 9.47 Å². The highest BCUT2D eigenvalue weighted by atomic mass is 32.2. The molecule has 2 heterocycles. The molecule has 176 valence electrons. The molecule has 0 saturated heterocycles. The Balaban J connectivity index is 1.80. The van der Waals surface area contributed by atoms with E-state index in [1.54, 1.807) is 48.2 Å². The highest BCUT2D eigenvalue weighted by molar-refractivity contribution is 7.98. The molecule has 0 radical (unpaired) electrons. The largest absolute Gasteiger partial charge is 0.493 e. The average molecular weight is 478 g/mol. The van der Waals surface area contributed by atoms with E-state index < -0.39 is 12.0 Å². The van der Waals surface area contributed by atoms with Crippen molar-refractivity contribution in [2.45, 2.75) is 23.4 Å². The Kier molecular flexibility index (Phi) is 7.07. The normalized spacial score (nSPS) is 17.2.